The Morgan fingerprint density at radius 2 is 2.17 bits per heavy atom. The van der Waals surface area contributed by atoms with Crippen molar-refractivity contribution in [1.82, 2.24) is 4.90 Å². The molecular weight excluding hydrogens is 158 g/mol. The Morgan fingerprint density at radius 1 is 1.50 bits per heavy atom. The van der Waals surface area contributed by atoms with Crippen LogP contribution in [0.15, 0.2) is 0 Å². The predicted octanol–water partition coefficient (Wildman–Crippen LogP) is -0.254. The van der Waals surface area contributed by atoms with Crippen LogP contribution in [0.3, 0.4) is 0 Å². The van der Waals surface area contributed by atoms with Crippen molar-refractivity contribution in [2.45, 2.75) is 12.5 Å². The third-order valence-electron chi connectivity index (χ3n) is 1.45. The third-order valence-corrected chi connectivity index (χ3v) is 1.45. The lowest BCUT2D eigenvalue weighted by atomic mass is 10.2. The molecule has 0 rings (SSSR count). The second-order valence-corrected chi connectivity index (χ2v) is 2.97. The molecule has 1 unspecified atom stereocenters. The van der Waals surface area contributed by atoms with Gasteiger partial charge in [0.1, 0.15) is 0 Å². The highest BCUT2D eigenvalue weighted by molar-refractivity contribution is 4.60. The molecule has 0 heterocycles. The van der Waals surface area contributed by atoms with Crippen LogP contribution in [0.5, 0.6) is 0 Å². The van der Waals surface area contributed by atoms with E-state index in [9.17, 15) is 5.11 Å². The average molecular weight is 176 g/mol. The molecule has 73 valence electrons. The van der Waals surface area contributed by atoms with Gasteiger partial charge in [0.2, 0.25) is 0 Å². The number of aliphatic hydroxyl groups excluding tert-OH is 1. The van der Waals surface area contributed by atoms with E-state index in [1.54, 1.807) is 0 Å². The van der Waals surface area contributed by atoms with Crippen molar-refractivity contribution >= 4 is 0 Å². The minimum Gasteiger partial charge on any atom is -0.394 e. The first-order valence-corrected chi connectivity index (χ1v) is 4.16. The lowest BCUT2D eigenvalue weighted by Crippen LogP contribution is -2.30. The summed E-state index contributed by atoms with van der Waals surface area (Å²) in [5, 5.41) is 18.8. The van der Waals surface area contributed by atoms with Crippen molar-refractivity contribution in [3.05, 3.63) is 0 Å². The third kappa shape index (κ3) is 6.54. The molecule has 0 saturated carbocycles. The maximum Gasteiger partial charge on any atom is 0.0847 e. The molecule has 1 radical (unpaired) electrons. The van der Waals surface area contributed by atoms with Crippen LogP contribution < -0.4 is 0 Å². The van der Waals surface area contributed by atoms with Gasteiger partial charge in [-0.25, -0.2) is 5.11 Å². The van der Waals surface area contributed by atoms with Gasteiger partial charge in [-0.05, 0) is 14.1 Å². The standard InChI is InChI=1S/C8H18NO3/c1-9(2)7-8(3-4-10)12-6-5-11/h8,11H,3-7H2,1-2H3. The summed E-state index contributed by atoms with van der Waals surface area (Å²) in [5.74, 6) is 0. The maximum atomic E-state index is 10.3. The summed E-state index contributed by atoms with van der Waals surface area (Å²) in [6.45, 7) is 0.952. The Morgan fingerprint density at radius 3 is 2.58 bits per heavy atom. The monoisotopic (exact) mass is 176 g/mol. The fraction of sp³-hybridized carbons (Fsp3) is 1.00. The molecule has 0 aromatic carbocycles. The normalized spacial score (nSPS) is 13.8. The molecule has 0 aliphatic rings. The van der Waals surface area contributed by atoms with Gasteiger partial charge in [0, 0.05) is 13.0 Å². The number of rotatable bonds is 7. The van der Waals surface area contributed by atoms with Crippen LogP contribution in [0.2, 0.25) is 0 Å². The van der Waals surface area contributed by atoms with Crippen LogP contribution in [0.25, 0.3) is 0 Å². The van der Waals surface area contributed by atoms with E-state index >= 15 is 0 Å². The Hall–Kier alpha value is -0.160. The minimum absolute atomic E-state index is 0.0167. The number of aliphatic hydroxyl groups is 1. The largest absolute Gasteiger partial charge is 0.394 e. The van der Waals surface area contributed by atoms with Gasteiger partial charge in [-0.1, -0.05) is 0 Å². The zero-order valence-corrected chi connectivity index (χ0v) is 7.82. The van der Waals surface area contributed by atoms with Crippen LogP contribution in [-0.4, -0.2) is 56.6 Å². The quantitative estimate of drug-likeness (QED) is 0.581. The van der Waals surface area contributed by atoms with E-state index in [1.807, 2.05) is 19.0 Å². The predicted molar refractivity (Wildman–Crippen MR) is 45.6 cm³/mol. The number of ether oxygens (including phenoxy) is 1. The van der Waals surface area contributed by atoms with E-state index in [0.29, 0.717) is 13.0 Å². The fourth-order valence-corrected chi connectivity index (χ4v) is 0.985. The van der Waals surface area contributed by atoms with Gasteiger partial charge in [0.25, 0.3) is 0 Å². The topological polar surface area (TPSA) is 52.6 Å². The van der Waals surface area contributed by atoms with Crippen LogP contribution in [0.4, 0.5) is 0 Å². The molecule has 0 fully saturated rings. The fourth-order valence-electron chi connectivity index (χ4n) is 0.985. The van der Waals surface area contributed by atoms with Crippen molar-refractivity contribution in [3.8, 4) is 0 Å². The molecule has 1 N–H and O–H groups in total. The van der Waals surface area contributed by atoms with Crippen molar-refractivity contribution in [2.75, 3.05) is 40.5 Å². The van der Waals surface area contributed by atoms with Crippen LogP contribution in [-0.2, 0) is 9.84 Å². The Balaban J connectivity index is 3.54. The van der Waals surface area contributed by atoms with Crippen LogP contribution in [0.1, 0.15) is 6.42 Å². The van der Waals surface area contributed by atoms with E-state index in [-0.39, 0.29) is 19.3 Å². The summed E-state index contributed by atoms with van der Waals surface area (Å²) in [5.41, 5.74) is 0. The minimum atomic E-state index is -0.121. The molecule has 1 atom stereocenters. The van der Waals surface area contributed by atoms with E-state index in [0.717, 1.165) is 6.54 Å². The molecule has 4 heteroatoms. The molecule has 0 aromatic heterocycles. The van der Waals surface area contributed by atoms with Gasteiger partial charge in [-0.2, -0.15) is 0 Å². The summed E-state index contributed by atoms with van der Waals surface area (Å²) in [6, 6.07) is 0. The lowest BCUT2D eigenvalue weighted by molar-refractivity contribution is -0.00321. The zero-order valence-electron chi connectivity index (χ0n) is 7.82. The summed E-state index contributed by atoms with van der Waals surface area (Å²) in [7, 11) is 3.86. The highest BCUT2D eigenvalue weighted by Gasteiger charge is 2.09. The van der Waals surface area contributed by atoms with Crippen molar-refractivity contribution < 1.29 is 14.9 Å². The van der Waals surface area contributed by atoms with E-state index in [4.69, 9.17) is 9.84 Å². The van der Waals surface area contributed by atoms with Crippen molar-refractivity contribution in [1.29, 1.82) is 0 Å². The summed E-state index contributed by atoms with van der Waals surface area (Å²) >= 11 is 0. The van der Waals surface area contributed by atoms with Gasteiger partial charge in [0.05, 0.1) is 25.9 Å². The first-order chi connectivity index (χ1) is 5.70. The van der Waals surface area contributed by atoms with E-state index in [1.165, 1.54) is 0 Å². The number of hydrogen-bond acceptors (Lipinski definition) is 3. The highest BCUT2D eigenvalue weighted by atomic mass is 16.5. The SMILES string of the molecule is CN(C)CC(CC[O])OCCO. The zero-order chi connectivity index (χ0) is 9.40. The molecule has 4 nitrogen and oxygen atoms in total. The van der Waals surface area contributed by atoms with Crippen LogP contribution in [0, 0.1) is 0 Å². The number of likely N-dealkylation sites (N-methyl/N-ethyl adjacent to an activating group) is 1. The first-order valence-electron chi connectivity index (χ1n) is 4.16. The summed E-state index contributed by atoms with van der Waals surface area (Å²) in [6.07, 6.45) is 0.475. The average Bonchev–Trinajstić information content (AvgIpc) is 2.00. The summed E-state index contributed by atoms with van der Waals surface area (Å²) in [4.78, 5) is 1.97. The van der Waals surface area contributed by atoms with Crippen LogP contribution >= 0.6 is 0 Å². The molecule has 0 spiro atoms. The Kier molecular flexibility index (Phi) is 7.39. The molecule has 0 aliphatic heterocycles. The second-order valence-electron chi connectivity index (χ2n) is 2.97. The highest BCUT2D eigenvalue weighted by Crippen LogP contribution is 1.99. The summed E-state index contributed by atoms with van der Waals surface area (Å²) < 4.78 is 5.25. The lowest BCUT2D eigenvalue weighted by Gasteiger charge is -2.19. The van der Waals surface area contributed by atoms with Gasteiger partial charge in [-0.3, -0.25) is 0 Å². The second kappa shape index (κ2) is 7.49. The van der Waals surface area contributed by atoms with Crippen molar-refractivity contribution in [2.24, 2.45) is 0 Å². The van der Waals surface area contributed by atoms with Gasteiger partial charge in [-0.15, -0.1) is 0 Å². The Labute approximate surface area is 73.8 Å². The molecule has 0 saturated heterocycles. The van der Waals surface area contributed by atoms with Crippen molar-refractivity contribution in [3.63, 3.8) is 0 Å². The van der Waals surface area contributed by atoms with Gasteiger partial charge >= 0.3 is 0 Å². The first kappa shape index (κ1) is 11.8. The Bertz CT molecular complexity index is 98.3. The van der Waals surface area contributed by atoms with Gasteiger partial charge in [0.15, 0.2) is 0 Å². The molecule has 0 amide bonds. The van der Waals surface area contributed by atoms with E-state index < -0.39 is 0 Å². The van der Waals surface area contributed by atoms with Gasteiger partial charge < -0.3 is 14.7 Å². The number of hydrogen-bond donors (Lipinski definition) is 1. The smallest absolute Gasteiger partial charge is 0.0847 e. The molecule has 0 aliphatic carbocycles. The molecular formula is C8H18NO3. The maximum absolute atomic E-state index is 10.3. The molecule has 0 aromatic rings. The molecule has 0 bridgehead atoms. The van der Waals surface area contributed by atoms with E-state index in [2.05, 4.69) is 0 Å². The number of nitrogens with zero attached hydrogens (tertiary/aromatic N) is 1. The molecule has 12 heavy (non-hydrogen) atoms.